The molecule has 1 N–H and O–H groups in total. The number of carbonyl (C=O) groups excluding carboxylic acids is 2. The van der Waals surface area contributed by atoms with E-state index in [-0.39, 0.29) is 25.2 Å². The molecule has 8 nitrogen and oxygen atoms in total. The van der Waals surface area contributed by atoms with Crippen molar-refractivity contribution >= 4 is 28.3 Å². The first-order chi connectivity index (χ1) is 14.4. The summed E-state index contributed by atoms with van der Waals surface area (Å²) in [5.74, 6) is 0.677. The second kappa shape index (κ2) is 9.90. The third-order valence-corrected chi connectivity index (χ3v) is 6.08. The molecular weight excluding hydrogens is 404 g/mol. The molecule has 1 aromatic carbocycles. The monoisotopic (exact) mass is 432 g/mol. The van der Waals surface area contributed by atoms with Crippen LogP contribution >= 0.6 is 11.3 Å². The fraction of sp³-hybridized carbons (Fsp3) is 0.476. The lowest BCUT2D eigenvalue weighted by atomic mass is 10.1. The van der Waals surface area contributed by atoms with Crippen molar-refractivity contribution in [2.24, 2.45) is 0 Å². The minimum absolute atomic E-state index is 0.0494. The fourth-order valence-electron chi connectivity index (χ4n) is 3.12. The molecule has 2 heterocycles. The average molecular weight is 433 g/mol. The maximum Gasteiger partial charge on any atom is 0.254 e. The SMILES string of the molecule is CCN(CC)CCN(CC(=O)Nc1nc(C)c(C)s1)C(=O)c1ccc2c(c1)OCO2. The van der Waals surface area contributed by atoms with E-state index in [1.807, 2.05) is 13.8 Å². The molecule has 0 bridgehead atoms. The van der Waals surface area contributed by atoms with Crippen molar-refractivity contribution in [1.29, 1.82) is 0 Å². The lowest BCUT2D eigenvalue weighted by Gasteiger charge is -2.26. The molecule has 0 aliphatic carbocycles. The molecule has 162 valence electrons. The highest BCUT2D eigenvalue weighted by Gasteiger charge is 2.23. The quantitative estimate of drug-likeness (QED) is 0.656. The van der Waals surface area contributed by atoms with Gasteiger partial charge in [0, 0.05) is 23.5 Å². The molecule has 2 aromatic rings. The van der Waals surface area contributed by atoms with Crippen LogP contribution in [0.3, 0.4) is 0 Å². The van der Waals surface area contributed by atoms with E-state index in [4.69, 9.17) is 9.47 Å². The van der Waals surface area contributed by atoms with Crippen LogP contribution in [0.5, 0.6) is 11.5 Å². The van der Waals surface area contributed by atoms with Gasteiger partial charge < -0.3 is 24.6 Å². The largest absolute Gasteiger partial charge is 0.454 e. The number of benzene rings is 1. The van der Waals surface area contributed by atoms with E-state index in [1.54, 1.807) is 23.1 Å². The number of hydrogen-bond donors (Lipinski definition) is 1. The van der Waals surface area contributed by atoms with E-state index < -0.39 is 0 Å². The highest BCUT2D eigenvalue weighted by Crippen LogP contribution is 2.32. The number of hydrogen-bond acceptors (Lipinski definition) is 7. The predicted molar refractivity (Wildman–Crippen MR) is 116 cm³/mol. The van der Waals surface area contributed by atoms with Crippen LogP contribution in [-0.2, 0) is 4.79 Å². The smallest absolute Gasteiger partial charge is 0.254 e. The number of carbonyl (C=O) groups is 2. The van der Waals surface area contributed by atoms with Gasteiger partial charge in [-0.15, -0.1) is 11.3 Å². The van der Waals surface area contributed by atoms with E-state index in [2.05, 4.69) is 29.0 Å². The standard InChI is InChI=1S/C21H28N4O4S/c1-5-24(6-2)9-10-25(12-19(26)23-21-22-14(3)15(4)30-21)20(27)16-7-8-17-18(11-16)29-13-28-17/h7-8,11H,5-6,9-10,12-13H2,1-4H3,(H,22,23,26). The maximum absolute atomic E-state index is 13.2. The molecular formula is C21H28N4O4S. The van der Waals surface area contributed by atoms with Crippen LogP contribution in [0.25, 0.3) is 0 Å². The van der Waals surface area contributed by atoms with Crippen LogP contribution in [0.4, 0.5) is 5.13 Å². The zero-order valence-electron chi connectivity index (χ0n) is 17.9. The van der Waals surface area contributed by atoms with E-state index in [1.165, 1.54) is 11.3 Å². The predicted octanol–water partition coefficient (Wildman–Crippen LogP) is 2.91. The van der Waals surface area contributed by atoms with E-state index in [0.29, 0.717) is 35.3 Å². The molecule has 1 aliphatic heterocycles. The van der Waals surface area contributed by atoms with Crippen LogP contribution in [-0.4, -0.2) is 66.1 Å². The Bertz CT molecular complexity index is 891. The molecule has 1 aliphatic rings. The normalized spacial score (nSPS) is 12.3. The van der Waals surface area contributed by atoms with Gasteiger partial charge in [0.05, 0.1) is 5.69 Å². The van der Waals surface area contributed by atoms with Gasteiger partial charge in [-0.25, -0.2) is 4.98 Å². The summed E-state index contributed by atoms with van der Waals surface area (Å²) in [5.41, 5.74) is 1.36. The van der Waals surface area contributed by atoms with Crippen molar-refractivity contribution in [3.63, 3.8) is 0 Å². The van der Waals surface area contributed by atoms with Crippen molar-refractivity contribution < 1.29 is 19.1 Å². The Morgan fingerprint density at radius 1 is 1.13 bits per heavy atom. The summed E-state index contributed by atoms with van der Waals surface area (Å²) >= 11 is 1.43. The summed E-state index contributed by atoms with van der Waals surface area (Å²) < 4.78 is 10.7. The molecule has 2 amide bonds. The number of nitrogens with one attached hydrogen (secondary N) is 1. The average Bonchev–Trinajstić information content (AvgIpc) is 3.32. The number of thiazole rings is 1. The Kier molecular flexibility index (Phi) is 7.28. The van der Waals surface area contributed by atoms with Gasteiger partial charge in [0.25, 0.3) is 5.91 Å². The lowest BCUT2D eigenvalue weighted by Crippen LogP contribution is -2.42. The minimum Gasteiger partial charge on any atom is -0.454 e. The van der Waals surface area contributed by atoms with Gasteiger partial charge in [-0.1, -0.05) is 13.8 Å². The number of likely N-dealkylation sites (N-methyl/N-ethyl adjacent to an activating group) is 1. The van der Waals surface area contributed by atoms with Gasteiger partial charge >= 0.3 is 0 Å². The molecule has 0 radical (unpaired) electrons. The van der Waals surface area contributed by atoms with Crippen LogP contribution in [0.2, 0.25) is 0 Å². The third kappa shape index (κ3) is 5.28. The van der Waals surface area contributed by atoms with Crippen LogP contribution < -0.4 is 14.8 Å². The second-order valence-corrected chi connectivity index (χ2v) is 8.23. The minimum atomic E-state index is -0.266. The van der Waals surface area contributed by atoms with Crippen molar-refractivity contribution in [1.82, 2.24) is 14.8 Å². The number of rotatable bonds is 9. The fourth-order valence-corrected chi connectivity index (χ4v) is 3.96. The lowest BCUT2D eigenvalue weighted by molar-refractivity contribution is -0.116. The maximum atomic E-state index is 13.2. The summed E-state index contributed by atoms with van der Waals surface area (Å²) in [6, 6.07) is 5.09. The van der Waals surface area contributed by atoms with E-state index in [9.17, 15) is 9.59 Å². The van der Waals surface area contributed by atoms with Crippen molar-refractivity contribution in [2.75, 3.05) is 44.8 Å². The molecule has 0 spiro atoms. The van der Waals surface area contributed by atoms with Crippen LogP contribution in [0.15, 0.2) is 18.2 Å². The summed E-state index contributed by atoms with van der Waals surface area (Å²) in [4.78, 5) is 35.0. The van der Waals surface area contributed by atoms with Crippen molar-refractivity contribution in [3.05, 3.63) is 34.3 Å². The number of anilines is 1. The van der Waals surface area contributed by atoms with Crippen LogP contribution in [0.1, 0.15) is 34.8 Å². The first-order valence-corrected chi connectivity index (χ1v) is 10.9. The Balaban J connectivity index is 1.73. The highest BCUT2D eigenvalue weighted by atomic mass is 32.1. The first kappa shape index (κ1) is 22.0. The zero-order valence-corrected chi connectivity index (χ0v) is 18.7. The van der Waals surface area contributed by atoms with Gasteiger partial charge in [0.2, 0.25) is 12.7 Å². The Hall–Kier alpha value is -2.65. The Morgan fingerprint density at radius 2 is 1.87 bits per heavy atom. The Labute approximate surface area is 180 Å². The molecule has 0 unspecified atom stereocenters. The van der Waals surface area contributed by atoms with E-state index >= 15 is 0 Å². The summed E-state index contributed by atoms with van der Waals surface area (Å²) in [6.07, 6.45) is 0. The van der Waals surface area contributed by atoms with Crippen molar-refractivity contribution in [3.8, 4) is 11.5 Å². The first-order valence-electron chi connectivity index (χ1n) is 10.1. The van der Waals surface area contributed by atoms with Crippen LogP contribution in [0, 0.1) is 13.8 Å². The summed E-state index contributed by atoms with van der Waals surface area (Å²) in [7, 11) is 0. The highest BCUT2D eigenvalue weighted by molar-refractivity contribution is 7.15. The Morgan fingerprint density at radius 3 is 2.53 bits per heavy atom. The van der Waals surface area contributed by atoms with Gasteiger partial charge in [0.15, 0.2) is 16.6 Å². The number of nitrogens with zero attached hydrogens (tertiary/aromatic N) is 3. The third-order valence-electron chi connectivity index (χ3n) is 5.10. The molecule has 0 fully saturated rings. The molecule has 0 atom stereocenters. The molecule has 1 aromatic heterocycles. The van der Waals surface area contributed by atoms with Gasteiger partial charge in [-0.3, -0.25) is 9.59 Å². The zero-order chi connectivity index (χ0) is 21.7. The summed E-state index contributed by atoms with van der Waals surface area (Å²) in [6.45, 7) is 11.0. The van der Waals surface area contributed by atoms with Gasteiger partial charge in [-0.05, 0) is 45.1 Å². The number of aryl methyl sites for hydroxylation is 2. The van der Waals surface area contributed by atoms with E-state index in [0.717, 1.165) is 23.7 Å². The number of amides is 2. The molecule has 0 saturated heterocycles. The molecule has 0 saturated carbocycles. The molecule has 30 heavy (non-hydrogen) atoms. The molecule has 9 heteroatoms. The summed E-state index contributed by atoms with van der Waals surface area (Å²) in [5, 5.41) is 3.36. The number of aromatic nitrogens is 1. The number of fused-ring (bicyclic) bond motifs is 1. The molecule has 3 rings (SSSR count). The van der Waals surface area contributed by atoms with Gasteiger partial charge in [0.1, 0.15) is 6.54 Å². The second-order valence-electron chi connectivity index (χ2n) is 7.03. The topological polar surface area (TPSA) is 84.0 Å². The van der Waals surface area contributed by atoms with Gasteiger partial charge in [-0.2, -0.15) is 0 Å². The number of ether oxygens (including phenoxy) is 2. The van der Waals surface area contributed by atoms with Crippen molar-refractivity contribution in [2.45, 2.75) is 27.7 Å².